The third-order valence-corrected chi connectivity index (χ3v) is 14.7. The fourth-order valence-electron chi connectivity index (χ4n) is 9.56. The minimum Gasteiger partial charge on any atom is -0.462 e. The summed E-state index contributed by atoms with van der Waals surface area (Å²) in [6.07, 6.45) is 96.4. The Bertz CT molecular complexity index is 1690. The van der Waals surface area contributed by atoms with Crippen LogP contribution in [0.15, 0.2) is 122 Å². The first-order chi connectivity index (χ1) is 40.5. The second kappa shape index (κ2) is 69.3. The molecule has 0 aromatic rings. The van der Waals surface area contributed by atoms with E-state index in [1.807, 2.05) is 0 Å². The molecule has 0 bridgehead atoms. The molecule has 0 saturated heterocycles. The lowest BCUT2D eigenvalue weighted by Crippen LogP contribution is -2.30. The highest BCUT2D eigenvalue weighted by molar-refractivity contribution is 5.71. The van der Waals surface area contributed by atoms with Gasteiger partial charge in [0.1, 0.15) is 13.2 Å². The van der Waals surface area contributed by atoms with Crippen LogP contribution in [0.1, 0.15) is 323 Å². The maximum atomic E-state index is 12.9. The minimum atomic E-state index is -0.807. The normalized spacial score (nSPS) is 12.9. The van der Waals surface area contributed by atoms with E-state index in [9.17, 15) is 14.4 Å². The average molecular weight is 1140 g/mol. The van der Waals surface area contributed by atoms with Gasteiger partial charge < -0.3 is 14.2 Å². The molecule has 0 radical (unpaired) electrons. The summed E-state index contributed by atoms with van der Waals surface area (Å²) in [5, 5.41) is 0. The fourth-order valence-corrected chi connectivity index (χ4v) is 9.56. The van der Waals surface area contributed by atoms with Crippen LogP contribution >= 0.6 is 0 Å². The van der Waals surface area contributed by atoms with Crippen molar-refractivity contribution in [2.45, 2.75) is 329 Å². The Morgan fingerprint density at radius 2 is 0.488 bits per heavy atom. The van der Waals surface area contributed by atoms with Crippen molar-refractivity contribution in [1.29, 1.82) is 0 Å². The van der Waals surface area contributed by atoms with Crippen LogP contribution in [-0.4, -0.2) is 37.2 Å². The number of allylic oxidation sites excluding steroid dienone is 20. The quantitative estimate of drug-likeness (QED) is 0.0261. The lowest BCUT2D eigenvalue weighted by atomic mass is 10.0. The third-order valence-electron chi connectivity index (χ3n) is 14.7. The largest absolute Gasteiger partial charge is 0.462 e. The molecule has 0 amide bonds. The number of ether oxygens (including phenoxy) is 3. The van der Waals surface area contributed by atoms with Crippen molar-refractivity contribution in [3.8, 4) is 0 Å². The predicted octanol–water partition coefficient (Wildman–Crippen LogP) is 23.9. The molecule has 0 saturated carbocycles. The summed E-state index contributed by atoms with van der Waals surface area (Å²) >= 11 is 0. The van der Waals surface area contributed by atoms with Crippen molar-refractivity contribution in [1.82, 2.24) is 0 Å². The molecule has 0 rings (SSSR count). The van der Waals surface area contributed by atoms with Crippen molar-refractivity contribution in [2.75, 3.05) is 13.2 Å². The minimum absolute atomic E-state index is 0.0966. The Morgan fingerprint density at radius 3 is 0.805 bits per heavy atom. The topological polar surface area (TPSA) is 78.9 Å². The molecule has 6 heteroatoms. The molecule has 0 aliphatic rings. The van der Waals surface area contributed by atoms with Crippen LogP contribution in [0, 0.1) is 0 Å². The predicted molar refractivity (Wildman–Crippen MR) is 357 cm³/mol. The number of carbonyl (C=O) groups is 3. The first-order valence-electron chi connectivity index (χ1n) is 34.5. The van der Waals surface area contributed by atoms with Crippen LogP contribution in [0.3, 0.4) is 0 Å². The van der Waals surface area contributed by atoms with E-state index in [0.717, 1.165) is 103 Å². The lowest BCUT2D eigenvalue weighted by Gasteiger charge is -2.18. The molecular formula is C76H128O6. The van der Waals surface area contributed by atoms with E-state index in [4.69, 9.17) is 14.2 Å². The smallest absolute Gasteiger partial charge is 0.306 e. The van der Waals surface area contributed by atoms with Gasteiger partial charge in [-0.15, -0.1) is 0 Å². The van der Waals surface area contributed by atoms with Crippen molar-refractivity contribution in [3.63, 3.8) is 0 Å². The highest BCUT2D eigenvalue weighted by Gasteiger charge is 2.19. The molecule has 82 heavy (non-hydrogen) atoms. The van der Waals surface area contributed by atoms with Crippen LogP contribution in [0.25, 0.3) is 0 Å². The van der Waals surface area contributed by atoms with Gasteiger partial charge in [-0.1, -0.05) is 316 Å². The maximum Gasteiger partial charge on any atom is 0.306 e. The van der Waals surface area contributed by atoms with Gasteiger partial charge in [-0.05, 0) is 109 Å². The number of carbonyl (C=O) groups excluding carboxylic acids is 3. The SMILES string of the molecule is CC/C=C\C/C=C\C/C=C\C/C=C\C/C=C\C/C=C\C/C=C\C/C=C\C/C=C\CCCC(=O)OCC(COC(=O)CCCCCCCCCCCCCCCCCCC)OC(=O)CCCCCCCCC/C=C\CCCCCCCCC. The molecule has 1 atom stereocenters. The van der Waals surface area contributed by atoms with E-state index >= 15 is 0 Å². The van der Waals surface area contributed by atoms with E-state index < -0.39 is 6.10 Å². The zero-order valence-electron chi connectivity index (χ0n) is 53.7. The highest BCUT2D eigenvalue weighted by Crippen LogP contribution is 2.17. The van der Waals surface area contributed by atoms with Gasteiger partial charge in [0.05, 0.1) is 0 Å². The zero-order chi connectivity index (χ0) is 59.2. The van der Waals surface area contributed by atoms with E-state index in [2.05, 4.69) is 142 Å². The molecular weight excluding hydrogens is 1010 g/mol. The summed E-state index contributed by atoms with van der Waals surface area (Å²) in [6, 6.07) is 0. The van der Waals surface area contributed by atoms with Gasteiger partial charge in [-0.2, -0.15) is 0 Å². The van der Waals surface area contributed by atoms with E-state index in [1.165, 1.54) is 173 Å². The highest BCUT2D eigenvalue weighted by atomic mass is 16.6. The van der Waals surface area contributed by atoms with Crippen LogP contribution in [0.5, 0.6) is 0 Å². The van der Waals surface area contributed by atoms with Gasteiger partial charge in [-0.3, -0.25) is 14.4 Å². The Labute approximate surface area is 507 Å². The maximum absolute atomic E-state index is 12.9. The second-order valence-electron chi connectivity index (χ2n) is 22.7. The molecule has 0 aliphatic heterocycles. The number of esters is 3. The summed E-state index contributed by atoms with van der Waals surface area (Å²) < 4.78 is 16.9. The van der Waals surface area contributed by atoms with Crippen molar-refractivity contribution in [3.05, 3.63) is 122 Å². The number of hydrogen-bond acceptors (Lipinski definition) is 6. The van der Waals surface area contributed by atoms with Crippen LogP contribution in [0.2, 0.25) is 0 Å². The summed E-state index contributed by atoms with van der Waals surface area (Å²) in [6.45, 7) is 6.51. The van der Waals surface area contributed by atoms with E-state index in [1.54, 1.807) is 0 Å². The average Bonchev–Trinajstić information content (AvgIpc) is 3.47. The molecule has 6 nitrogen and oxygen atoms in total. The first kappa shape index (κ1) is 77.8. The van der Waals surface area contributed by atoms with Crippen molar-refractivity contribution >= 4 is 17.9 Å². The van der Waals surface area contributed by atoms with Gasteiger partial charge in [0.2, 0.25) is 0 Å². The summed E-state index contributed by atoms with van der Waals surface area (Å²) in [4.78, 5) is 38.4. The standard InChI is InChI=1S/C76H128O6/c1-4-7-10-13-16-19-22-25-28-31-33-34-35-36-37-38-39-40-41-42-43-46-48-51-54-57-60-63-66-69-75(78)81-72-73(71-80-74(77)68-65-62-59-56-53-50-47-44-30-27-24-21-18-15-12-9-6-3)82-76(79)70-67-64-61-58-55-52-49-45-32-29-26-23-20-17-14-11-8-5-2/h7,10,16,19,25,28-29,32-34,36-37,39-40,42-43,48,51,57,60,73H,4-6,8-9,11-15,17-18,20-24,26-27,30-31,35,38,41,44-47,49-50,52-56,58-59,61-72H2,1-3H3/b10-7-,19-16-,28-25-,32-29-,34-33-,37-36-,40-39-,43-42-,51-48-,60-57-. The molecule has 0 spiro atoms. The van der Waals surface area contributed by atoms with Gasteiger partial charge in [-0.25, -0.2) is 0 Å². The van der Waals surface area contributed by atoms with E-state index in [-0.39, 0.29) is 37.5 Å². The number of rotatable bonds is 62. The van der Waals surface area contributed by atoms with Gasteiger partial charge in [0.15, 0.2) is 6.10 Å². The Morgan fingerprint density at radius 1 is 0.256 bits per heavy atom. The first-order valence-corrected chi connectivity index (χ1v) is 34.5. The second-order valence-corrected chi connectivity index (χ2v) is 22.7. The summed E-state index contributed by atoms with van der Waals surface area (Å²) in [5.74, 6) is -0.952. The third kappa shape index (κ3) is 66.6. The van der Waals surface area contributed by atoms with Crippen LogP contribution in [0.4, 0.5) is 0 Å². The molecule has 1 unspecified atom stereocenters. The molecule has 0 heterocycles. The summed E-state index contributed by atoms with van der Waals surface area (Å²) in [5.41, 5.74) is 0. The number of unbranched alkanes of at least 4 members (excludes halogenated alkanes) is 31. The van der Waals surface area contributed by atoms with Gasteiger partial charge in [0, 0.05) is 19.3 Å². The zero-order valence-corrected chi connectivity index (χ0v) is 53.7. The molecule has 0 N–H and O–H groups in total. The van der Waals surface area contributed by atoms with Gasteiger partial charge >= 0.3 is 17.9 Å². The lowest BCUT2D eigenvalue weighted by molar-refractivity contribution is -0.167. The summed E-state index contributed by atoms with van der Waals surface area (Å²) in [7, 11) is 0. The van der Waals surface area contributed by atoms with Gasteiger partial charge in [0.25, 0.3) is 0 Å². The molecule has 0 fully saturated rings. The monoisotopic (exact) mass is 1140 g/mol. The van der Waals surface area contributed by atoms with Crippen LogP contribution in [-0.2, 0) is 28.6 Å². The van der Waals surface area contributed by atoms with Crippen LogP contribution < -0.4 is 0 Å². The molecule has 0 aromatic heterocycles. The number of hydrogen-bond donors (Lipinski definition) is 0. The Hall–Kier alpha value is -4.19. The Kier molecular flexibility index (Phi) is 65.8. The molecule has 468 valence electrons. The fraction of sp³-hybridized carbons (Fsp3) is 0.697. The Balaban J connectivity index is 4.46. The molecule has 0 aromatic carbocycles. The van der Waals surface area contributed by atoms with E-state index in [0.29, 0.717) is 19.3 Å². The van der Waals surface area contributed by atoms with Crippen molar-refractivity contribution in [2.24, 2.45) is 0 Å². The van der Waals surface area contributed by atoms with Crippen molar-refractivity contribution < 1.29 is 28.6 Å². The molecule has 0 aliphatic carbocycles.